The number of aliphatic hydroxyl groups excluding tert-OH is 1. The van der Waals surface area contributed by atoms with Gasteiger partial charge >= 0.3 is 0 Å². The molecule has 1 aromatic carbocycles. The maximum absolute atomic E-state index is 12.3. The van der Waals surface area contributed by atoms with Crippen molar-refractivity contribution in [2.75, 3.05) is 13.2 Å². The molecule has 1 saturated carbocycles. The van der Waals surface area contributed by atoms with Crippen molar-refractivity contribution in [1.29, 1.82) is 0 Å². The summed E-state index contributed by atoms with van der Waals surface area (Å²) in [6.45, 7) is 2.49. The maximum Gasteiger partial charge on any atom is 0.246 e. The number of benzene rings is 1. The predicted octanol–water partition coefficient (Wildman–Crippen LogP) is 2.77. The van der Waals surface area contributed by atoms with Gasteiger partial charge in [0.05, 0.1) is 6.61 Å². The summed E-state index contributed by atoms with van der Waals surface area (Å²) in [6.07, 6.45) is 7.99. The van der Waals surface area contributed by atoms with Gasteiger partial charge in [0.1, 0.15) is 0 Å². The fraction of sp³-hybridized carbons (Fsp3) is 0.471. The number of hydrogen-bond donors (Lipinski definition) is 1. The molecule has 0 radical (unpaired) electrons. The van der Waals surface area contributed by atoms with E-state index in [-0.39, 0.29) is 12.5 Å². The SMILES string of the molecule is Cc1ccccc1C=CC(=O)N(CCO)C1CCCC1. The van der Waals surface area contributed by atoms with Crippen molar-refractivity contribution in [3.63, 3.8) is 0 Å². The summed E-state index contributed by atoms with van der Waals surface area (Å²) < 4.78 is 0. The summed E-state index contributed by atoms with van der Waals surface area (Å²) in [5.41, 5.74) is 2.22. The lowest BCUT2D eigenvalue weighted by Gasteiger charge is -2.27. The van der Waals surface area contributed by atoms with Crippen LogP contribution in [-0.4, -0.2) is 35.1 Å². The molecule has 0 aromatic heterocycles. The van der Waals surface area contributed by atoms with Crippen LogP contribution in [0.5, 0.6) is 0 Å². The molecular weight excluding hydrogens is 250 g/mol. The van der Waals surface area contributed by atoms with Crippen LogP contribution >= 0.6 is 0 Å². The first-order valence-electron chi connectivity index (χ1n) is 7.37. The normalized spacial score (nSPS) is 15.9. The lowest BCUT2D eigenvalue weighted by Crippen LogP contribution is -2.39. The molecule has 0 heterocycles. The standard InChI is InChI=1S/C17H23NO2/c1-14-6-2-3-7-15(14)10-11-17(20)18(12-13-19)16-8-4-5-9-16/h2-3,6-7,10-11,16,19H,4-5,8-9,12-13H2,1H3. The van der Waals surface area contributed by atoms with Gasteiger partial charge < -0.3 is 10.0 Å². The van der Waals surface area contributed by atoms with Gasteiger partial charge in [-0.3, -0.25) is 4.79 Å². The molecule has 0 unspecified atom stereocenters. The van der Waals surface area contributed by atoms with Crippen LogP contribution in [0.15, 0.2) is 30.3 Å². The zero-order valence-electron chi connectivity index (χ0n) is 12.1. The molecule has 1 aromatic rings. The monoisotopic (exact) mass is 273 g/mol. The average molecular weight is 273 g/mol. The fourth-order valence-electron chi connectivity index (χ4n) is 2.83. The van der Waals surface area contributed by atoms with Gasteiger partial charge in [0.2, 0.25) is 5.91 Å². The molecule has 1 fully saturated rings. The Kier molecular flexibility index (Phi) is 5.36. The second kappa shape index (κ2) is 7.25. The zero-order chi connectivity index (χ0) is 14.4. The van der Waals surface area contributed by atoms with Crippen LogP contribution in [0.1, 0.15) is 36.8 Å². The highest BCUT2D eigenvalue weighted by atomic mass is 16.3. The fourth-order valence-corrected chi connectivity index (χ4v) is 2.83. The summed E-state index contributed by atoms with van der Waals surface area (Å²) in [7, 11) is 0. The number of nitrogens with zero attached hydrogens (tertiary/aromatic N) is 1. The number of rotatable bonds is 5. The number of amides is 1. The summed E-state index contributed by atoms with van der Waals surface area (Å²) in [4.78, 5) is 14.2. The van der Waals surface area contributed by atoms with E-state index in [0.29, 0.717) is 12.6 Å². The first-order chi connectivity index (χ1) is 9.72. The highest BCUT2D eigenvalue weighted by Gasteiger charge is 2.24. The predicted molar refractivity (Wildman–Crippen MR) is 81.3 cm³/mol. The van der Waals surface area contributed by atoms with Gasteiger partial charge in [0, 0.05) is 18.7 Å². The first kappa shape index (κ1) is 14.8. The largest absolute Gasteiger partial charge is 0.395 e. The molecule has 1 amide bonds. The van der Waals surface area contributed by atoms with Crippen LogP contribution in [0.3, 0.4) is 0 Å². The molecule has 0 saturated heterocycles. The van der Waals surface area contributed by atoms with E-state index in [1.54, 1.807) is 6.08 Å². The van der Waals surface area contributed by atoms with Crippen LogP contribution in [0.2, 0.25) is 0 Å². The van der Waals surface area contributed by atoms with Crippen molar-refractivity contribution < 1.29 is 9.90 Å². The Bertz CT molecular complexity index is 476. The lowest BCUT2D eigenvalue weighted by molar-refractivity contribution is -0.128. The van der Waals surface area contributed by atoms with Crippen LogP contribution in [0.4, 0.5) is 0 Å². The van der Waals surface area contributed by atoms with Gasteiger partial charge in [-0.25, -0.2) is 0 Å². The maximum atomic E-state index is 12.3. The van der Waals surface area contributed by atoms with Crippen molar-refractivity contribution >= 4 is 12.0 Å². The van der Waals surface area contributed by atoms with Crippen LogP contribution in [0.25, 0.3) is 6.08 Å². The number of carbonyl (C=O) groups is 1. The second-order valence-corrected chi connectivity index (χ2v) is 5.38. The van der Waals surface area contributed by atoms with E-state index in [9.17, 15) is 4.79 Å². The van der Waals surface area contributed by atoms with Gasteiger partial charge in [-0.2, -0.15) is 0 Å². The molecule has 108 valence electrons. The Morgan fingerprint density at radius 2 is 2.05 bits per heavy atom. The molecular formula is C17H23NO2. The molecule has 1 aliphatic rings. The quantitative estimate of drug-likeness (QED) is 0.838. The second-order valence-electron chi connectivity index (χ2n) is 5.38. The summed E-state index contributed by atoms with van der Waals surface area (Å²) >= 11 is 0. The summed E-state index contributed by atoms with van der Waals surface area (Å²) in [5.74, 6) is 0.00852. The Hall–Kier alpha value is -1.61. The molecule has 1 aliphatic carbocycles. The molecule has 0 aliphatic heterocycles. The van der Waals surface area contributed by atoms with E-state index in [0.717, 1.165) is 24.0 Å². The lowest BCUT2D eigenvalue weighted by atomic mass is 10.1. The van der Waals surface area contributed by atoms with Gasteiger partial charge in [0.15, 0.2) is 0 Å². The molecule has 3 heteroatoms. The van der Waals surface area contributed by atoms with E-state index in [2.05, 4.69) is 0 Å². The van der Waals surface area contributed by atoms with Gasteiger partial charge in [0.25, 0.3) is 0 Å². The third-order valence-electron chi connectivity index (χ3n) is 3.98. The molecule has 0 spiro atoms. The highest BCUT2D eigenvalue weighted by molar-refractivity contribution is 5.92. The third-order valence-corrected chi connectivity index (χ3v) is 3.98. The van der Waals surface area contributed by atoms with Crippen LogP contribution in [0, 0.1) is 6.92 Å². The molecule has 0 bridgehead atoms. The number of hydrogen-bond acceptors (Lipinski definition) is 2. The molecule has 2 rings (SSSR count). The van der Waals surface area contributed by atoms with E-state index >= 15 is 0 Å². The van der Waals surface area contributed by atoms with Crippen molar-refractivity contribution in [3.05, 3.63) is 41.5 Å². The van der Waals surface area contributed by atoms with Crippen molar-refractivity contribution in [1.82, 2.24) is 4.90 Å². The number of aliphatic hydroxyl groups is 1. The van der Waals surface area contributed by atoms with Crippen molar-refractivity contribution in [3.8, 4) is 0 Å². The van der Waals surface area contributed by atoms with Crippen LogP contribution in [-0.2, 0) is 4.79 Å². The minimum absolute atomic E-state index is 0.00852. The van der Waals surface area contributed by atoms with E-state index in [1.807, 2.05) is 42.2 Å². The molecule has 1 N–H and O–H groups in total. The third kappa shape index (κ3) is 3.70. The Labute approximate surface area is 120 Å². The highest BCUT2D eigenvalue weighted by Crippen LogP contribution is 2.23. The minimum atomic E-state index is 0.00852. The zero-order valence-corrected chi connectivity index (χ0v) is 12.1. The Morgan fingerprint density at radius 3 is 2.70 bits per heavy atom. The Morgan fingerprint density at radius 1 is 1.35 bits per heavy atom. The van der Waals surface area contributed by atoms with Gasteiger partial charge in [-0.1, -0.05) is 37.1 Å². The van der Waals surface area contributed by atoms with E-state index in [1.165, 1.54) is 12.8 Å². The van der Waals surface area contributed by atoms with Crippen LogP contribution < -0.4 is 0 Å². The Balaban J connectivity index is 2.06. The molecule has 0 atom stereocenters. The number of aryl methyl sites for hydroxylation is 1. The summed E-state index contributed by atoms with van der Waals surface area (Å²) in [6, 6.07) is 8.30. The van der Waals surface area contributed by atoms with E-state index < -0.39 is 0 Å². The van der Waals surface area contributed by atoms with Gasteiger partial charge in [-0.15, -0.1) is 0 Å². The van der Waals surface area contributed by atoms with Crippen molar-refractivity contribution in [2.24, 2.45) is 0 Å². The van der Waals surface area contributed by atoms with Gasteiger partial charge in [-0.05, 0) is 37.0 Å². The molecule has 3 nitrogen and oxygen atoms in total. The van der Waals surface area contributed by atoms with E-state index in [4.69, 9.17) is 5.11 Å². The molecule has 20 heavy (non-hydrogen) atoms. The minimum Gasteiger partial charge on any atom is -0.395 e. The topological polar surface area (TPSA) is 40.5 Å². The first-order valence-corrected chi connectivity index (χ1v) is 7.37. The average Bonchev–Trinajstić information content (AvgIpc) is 2.97. The van der Waals surface area contributed by atoms with Crippen molar-refractivity contribution in [2.45, 2.75) is 38.6 Å². The summed E-state index contributed by atoms with van der Waals surface area (Å²) in [5, 5.41) is 9.16. The smallest absolute Gasteiger partial charge is 0.246 e. The number of carbonyl (C=O) groups excluding carboxylic acids is 1.